The zero-order chi connectivity index (χ0) is 26.9. The number of aliphatic hydroxyl groups excluding tert-OH is 1. The quantitative estimate of drug-likeness (QED) is 0.0905. The standard InChI is InChI=1S/C29H20N4O4S2/c34-21-9-4-7-19(15-21)24-23(25(35)18-11-13-30-14-12-18)26(36)27(37)33(24)28-31-32-29(39-28)38-16-20-8-3-6-17-5-1-2-10-22(17)20/h1-15,24,34-35H,16H2/b25-23+. The highest BCUT2D eigenvalue weighted by Gasteiger charge is 2.48. The molecule has 1 aliphatic heterocycles. The van der Waals surface area contributed by atoms with Gasteiger partial charge in [0.05, 0.1) is 11.6 Å². The van der Waals surface area contributed by atoms with Gasteiger partial charge in [-0.1, -0.05) is 77.7 Å². The van der Waals surface area contributed by atoms with Gasteiger partial charge in [0.1, 0.15) is 11.5 Å². The summed E-state index contributed by atoms with van der Waals surface area (Å²) in [4.78, 5) is 31.8. The average molecular weight is 553 g/mol. The van der Waals surface area contributed by atoms with E-state index in [1.165, 1.54) is 52.5 Å². The van der Waals surface area contributed by atoms with E-state index in [1.807, 2.05) is 18.2 Å². The molecule has 1 aliphatic rings. The number of nitrogens with zero attached hydrogens (tertiary/aromatic N) is 4. The molecule has 3 aromatic carbocycles. The molecule has 39 heavy (non-hydrogen) atoms. The molecular formula is C29H20N4O4S2. The first-order valence-corrected chi connectivity index (χ1v) is 13.7. The van der Waals surface area contributed by atoms with Gasteiger partial charge >= 0.3 is 5.91 Å². The summed E-state index contributed by atoms with van der Waals surface area (Å²) in [7, 11) is 0. The van der Waals surface area contributed by atoms with Crippen molar-refractivity contribution in [1.29, 1.82) is 0 Å². The number of rotatable bonds is 6. The molecule has 0 spiro atoms. The van der Waals surface area contributed by atoms with Gasteiger partial charge in [-0.05, 0) is 46.2 Å². The molecule has 3 heterocycles. The Labute approximate surface area is 231 Å². The lowest BCUT2D eigenvalue weighted by Crippen LogP contribution is -2.29. The van der Waals surface area contributed by atoms with Gasteiger partial charge in [-0.3, -0.25) is 19.5 Å². The molecule has 10 heteroatoms. The Morgan fingerprint density at radius 2 is 1.72 bits per heavy atom. The number of pyridine rings is 1. The highest BCUT2D eigenvalue weighted by atomic mass is 32.2. The number of fused-ring (bicyclic) bond motifs is 1. The highest BCUT2D eigenvalue weighted by molar-refractivity contribution is 8.00. The van der Waals surface area contributed by atoms with Gasteiger partial charge < -0.3 is 10.2 Å². The van der Waals surface area contributed by atoms with Crippen LogP contribution in [-0.4, -0.2) is 37.1 Å². The van der Waals surface area contributed by atoms with Gasteiger partial charge in [0.15, 0.2) is 4.34 Å². The number of Topliss-reactive ketones (excluding diaryl/α,β-unsaturated/α-hetero) is 1. The van der Waals surface area contributed by atoms with Crippen molar-refractivity contribution in [2.45, 2.75) is 16.1 Å². The lowest BCUT2D eigenvalue weighted by atomic mass is 9.95. The van der Waals surface area contributed by atoms with E-state index in [-0.39, 0.29) is 22.2 Å². The number of aromatic nitrogens is 3. The molecule has 1 fully saturated rings. The maximum Gasteiger partial charge on any atom is 0.301 e. The van der Waals surface area contributed by atoms with E-state index in [9.17, 15) is 19.8 Å². The molecule has 192 valence electrons. The van der Waals surface area contributed by atoms with Crippen molar-refractivity contribution in [3.63, 3.8) is 0 Å². The van der Waals surface area contributed by atoms with Crippen molar-refractivity contribution >= 4 is 56.5 Å². The summed E-state index contributed by atoms with van der Waals surface area (Å²) in [6, 6.07) is 22.6. The second-order valence-corrected chi connectivity index (χ2v) is 11.0. The zero-order valence-electron chi connectivity index (χ0n) is 20.3. The number of carbonyl (C=O) groups excluding carboxylic acids is 2. The molecule has 0 radical (unpaired) electrons. The molecule has 1 unspecified atom stereocenters. The lowest BCUT2D eigenvalue weighted by Gasteiger charge is -2.22. The molecule has 0 bridgehead atoms. The fourth-order valence-electron chi connectivity index (χ4n) is 4.62. The lowest BCUT2D eigenvalue weighted by molar-refractivity contribution is -0.132. The van der Waals surface area contributed by atoms with Crippen LogP contribution in [-0.2, 0) is 15.3 Å². The molecular weight excluding hydrogens is 532 g/mol. The van der Waals surface area contributed by atoms with Crippen LogP contribution in [0.5, 0.6) is 5.75 Å². The number of aromatic hydroxyl groups is 1. The maximum atomic E-state index is 13.3. The number of anilines is 1. The Balaban J connectivity index is 1.37. The second kappa shape index (κ2) is 10.3. The molecule has 1 saturated heterocycles. The molecule has 8 nitrogen and oxygen atoms in total. The summed E-state index contributed by atoms with van der Waals surface area (Å²) in [5.74, 6) is -1.40. The van der Waals surface area contributed by atoms with E-state index in [4.69, 9.17) is 0 Å². The topological polar surface area (TPSA) is 117 Å². The summed E-state index contributed by atoms with van der Waals surface area (Å²) in [5, 5.41) is 32.3. The largest absolute Gasteiger partial charge is 0.508 e. The fourth-order valence-corrected chi connectivity index (χ4v) is 6.49. The molecule has 6 rings (SSSR count). The first-order valence-electron chi connectivity index (χ1n) is 11.9. The molecule has 0 saturated carbocycles. The van der Waals surface area contributed by atoms with Crippen LogP contribution in [0.25, 0.3) is 16.5 Å². The second-order valence-electron chi connectivity index (χ2n) is 8.78. The van der Waals surface area contributed by atoms with Crippen LogP contribution in [0.4, 0.5) is 5.13 Å². The summed E-state index contributed by atoms with van der Waals surface area (Å²) in [5.41, 5.74) is 1.84. The van der Waals surface area contributed by atoms with E-state index >= 15 is 0 Å². The number of ketones is 1. The maximum absolute atomic E-state index is 13.3. The first-order chi connectivity index (χ1) is 19.0. The third kappa shape index (κ3) is 4.64. The predicted octanol–water partition coefficient (Wildman–Crippen LogP) is 5.71. The molecule has 2 aromatic heterocycles. The molecule has 2 N–H and O–H groups in total. The van der Waals surface area contributed by atoms with Gasteiger partial charge in [-0.15, -0.1) is 10.2 Å². The summed E-state index contributed by atoms with van der Waals surface area (Å²) < 4.78 is 0.628. The van der Waals surface area contributed by atoms with E-state index in [2.05, 4.69) is 39.4 Å². The number of hydrogen-bond donors (Lipinski definition) is 2. The van der Waals surface area contributed by atoms with Crippen LogP contribution >= 0.6 is 23.1 Å². The Kier molecular flexibility index (Phi) is 6.55. The van der Waals surface area contributed by atoms with Crippen LogP contribution in [0.3, 0.4) is 0 Å². The minimum Gasteiger partial charge on any atom is -0.508 e. The van der Waals surface area contributed by atoms with Crippen LogP contribution in [0.2, 0.25) is 0 Å². The number of hydrogen-bond acceptors (Lipinski definition) is 9. The molecule has 1 amide bonds. The molecule has 0 aliphatic carbocycles. The summed E-state index contributed by atoms with van der Waals surface area (Å²) >= 11 is 2.68. The highest BCUT2D eigenvalue weighted by Crippen LogP contribution is 2.44. The minimum absolute atomic E-state index is 0.0365. The van der Waals surface area contributed by atoms with Crippen LogP contribution in [0, 0.1) is 0 Å². The van der Waals surface area contributed by atoms with Crippen LogP contribution < -0.4 is 4.90 Å². The average Bonchev–Trinajstić information content (AvgIpc) is 3.54. The number of amides is 1. The molecule has 1 atom stereocenters. The SMILES string of the molecule is O=C1C(=O)N(c2nnc(SCc3cccc4ccccc34)s2)C(c2cccc(O)c2)/C1=C(\O)c1ccncc1. The van der Waals surface area contributed by atoms with E-state index < -0.39 is 17.7 Å². The van der Waals surface area contributed by atoms with Crippen LogP contribution in [0.15, 0.2) is 101 Å². The molecule has 5 aromatic rings. The number of phenols is 1. The summed E-state index contributed by atoms with van der Waals surface area (Å²) in [6.45, 7) is 0. The van der Waals surface area contributed by atoms with Crippen LogP contribution in [0.1, 0.15) is 22.7 Å². The predicted molar refractivity (Wildman–Crippen MR) is 151 cm³/mol. The number of phenolic OH excluding ortho intramolecular Hbond substituents is 1. The van der Waals surface area contributed by atoms with Gasteiger partial charge in [-0.2, -0.15) is 0 Å². The smallest absolute Gasteiger partial charge is 0.301 e. The van der Waals surface area contributed by atoms with Crippen molar-refractivity contribution in [1.82, 2.24) is 15.2 Å². The zero-order valence-corrected chi connectivity index (χ0v) is 21.9. The van der Waals surface area contributed by atoms with E-state index in [1.54, 1.807) is 24.3 Å². The van der Waals surface area contributed by atoms with Crippen molar-refractivity contribution < 1.29 is 19.8 Å². The summed E-state index contributed by atoms with van der Waals surface area (Å²) in [6.07, 6.45) is 2.97. The number of carbonyl (C=O) groups is 2. The van der Waals surface area contributed by atoms with E-state index in [0.29, 0.717) is 21.2 Å². The third-order valence-corrected chi connectivity index (χ3v) is 8.52. The van der Waals surface area contributed by atoms with Gasteiger partial charge in [0.25, 0.3) is 5.78 Å². The Bertz CT molecular complexity index is 1750. The first kappa shape index (κ1) is 24.8. The van der Waals surface area contributed by atoms with Gasteiger partial charge in [0.2, 0.25) is 5.13 Å². The van der Waals surface area contributed by atoms with Crippen molar-refractivity contribution in [3.8, 4) is 5.75 Å². The van der Waals surface area contributed by atoms with Crippen molar-refractivity contribution in [2.75, 3.05) is 4.90 Å². The van der Waals surface area contributed by atoms with Crippen molar-refractivity contribution in [2.24, 2.45) is 0 Å². The number of thioether (sulfide) groups is 1. The van der Waals surface area contributed by atoms with Gasteiger partial charge in [-0.25, -0.2) is 0 Å². The number of aliphatic hydroxyl groups is 1. The van der Waals surface area contributed by atoms with Gasteiger partial charge in [0, 0.05) is 23.7 Å². The monoisotopic (exact) mass is 552 g/mol. The minimum atomic E-state index is -1.01. The Hall–Kier alpha value is -4.54. The normalized spacial score (nSPS) is 16.7. The fraction of sp³-hybridized carbons (Fsp3) is 0.0690. The number of benzene rings is 3. The Morgan fingerprint density at radius 1 is 0.949 bits per heavy atom. The van der Waals surface area contributed by atoms with E-state index in [0.717, 1.165) is 16.3 Å². The Morgan fingerprint density at radius 3 is 2.54 bits per heavy atom. The third-order valence-electron chi connectivity index (χ3n) is 6.42. The van der Waals surface area contributed by atoms with Crippen molar-refractivity contribution in [3.05, 3.63) is 114 Å².